The topological polar surface area (TPSA) is 111 Å². The molecule has 1 aliphatic carbocycles. The van der Waals surface area contributed by atoms with Gasteiger partial charge in [-0.25, -0.2) is 8.42 Å². The number of aliphatic hydroxyl groups excluding tert-OH is 1. The van der Waals surface area contributed by atoms with Crippen LogP contribution in [0.3, 0.4) is 0 Å². The van der Waals surface area contributed by atoms with E-state index in [1.165, 1.54) is 23.6 Å². The molecular weight excluding hydrogens is 571 g/mol. The maximum absolute atomic E-state index is 13.6. The summed E-state index contributed by atoms with van der Waals surface area (Å²) in [4.78, 5) is 13.6. The van der Waals surface area contributed by atoms with Crippen LogP contribution in [-0.4, -0.2) is 63.0 Å². The van der Waals surface area contributed by atoms with E-state index in [-0.39, 0.29) is 24.1 Å². The molecule has 4 N–H and O–H groups in total. The van der Waals surface area contributed by atoms with Gasteiger partial charge in [0.05, 0.1) is 23.6 Å². The van der Waals surface area contributed by atoms with Gasteiger partial charge in [-0.2, -0.15) is 0 Å². The first kappa shape index (κ1) is 32.5. The maximum Gasteiger partial charge on any atom is 0.251 e. The molecule has 0 bridgehead atoms. The van der Waals surface area contributed by atoms with E-state index in [1.54, 1.807) is 24.3 Å². The van der Waals surface area contributed by atoms with Crippen LogP contribution in [0.1, 0.15) is 67.8 Å². The first-order chi connectivity index (χ1) is 18.7. The van der Waals surface area contributed by atoms with E-state index in [1.807, 2.05) is 25.1 Å². The van der Waals surface area contributed by atoms with Gasteiger partial charge < -0.3 is 21.1 Å². The summed E-state index contributed by atoms with van der Waals surface area (Å²) in [5.41, 5.74) is 2.40. The lowest BCUT2D eigenvalue weighted by atomic mass is 9.95. The third kappa shape index (κ3) is 8.98. The summed E-state index contributed by atoms with van der Waals surface area (Å²) in [5, 5.41) is 21.6. The van der Waals surface area contributed by atoms with Crippen molar-refractivity contribution in [1.82, 2.24) is 10.6 Å². The molecule has 0 unspecified atom stereocenters. The van der Waals surface area contributed by atoms with E-state index in [0.29, 0.717) is 60.5 Å². The van der Waals surface area contributed by atoms with Gasteiger partial charge in [-0.3, -0.25) is 9.10 Å². The quantitative estimate of drug-likeness (QED) is 0.291. The highest BCUT2D eigenvalue weighted by Crippen LogP contribution is 2.28. The zero-order chi connectivity index (χ0) is 27.8. The van der Waals surface area contributed by atoms with Gasteiger partial charge in [-0.15, -0.1) is 12.4 Å². The van der Waals surface area contributed by atoms with E-state index < -0.39 is 22.2 Å². The second kappa shape index (κ2) is 15.3. The molecule has 0 spiro atoms. The maximum atomic E-state index is 13.6. The predicted octanol–water partition coefficient (Wildman–Crippen LogP) is 4.75. The van der Waals surface area contributed by atoms with E-state index in [0.717, 1.165) is 24.8 Å². The van der Waals surface area contributed by atoms with Crippen molar-refractivity contribution >= 4 is 51.3 Å². The molecule has 1 heterocycles. The van der Waals surface area contributed by atoms with Gasteiger partial charge in [0.15, 0.2) is 0 Å². The number of rotatable bonds is 11. The number of benzene rings is 2. The van der Waals surface area contributed by atoms with E-state index in [2.05, 4.69) is 16.0 Å². The van der Waals surface area contributed by atoms with Gasteiger partial charge in [-0.05, 0) is 74.9 Å². The number of carbonyl (C=O) groups is 1. The smallest absolute Gasteiger partial charge is 0.251 e. The molecule has 1 amide bonds. The van der Waals surface area contributed by atoms with Gasteiger partial charge in [0.25, 0.3) is 5.91 Å². The second-order valence-electron chi connectivity index (χ2n) is 10.6. The Morgan fingerprint density at radius 1 is 1.10 bits per heavy atom. The Morgan fingerprint density at radius 2 is 1.88 bits per heavy atom. The molecule has 4 rings (SSSR count). The van der Waals surface area contributed by atoms with Crippen LogP contribution < -0.4 is 20.3 Å². The summed E-state index contributed by atoms with van der Waals surface area (Å²) in [6, 6.07) is 12.3. The molecule has 222 valence electrons. The number of halogens is 2. The van der Waals surface area contributed by atoms with Gasteiger partial charge in [-0.1, -0.05) is 43.0 Å². The Morgan fingerprint density at radius 3 is 2.58 bits per heavy atom. The standard InChI is InChI=1S/C29H41ClN4O4S.ClH/c1-2-31-25-17-22(18-26(19-25)34-13-6-7-14-39(34,37)38)29(36)33-27(16-21-9-8-10-23(30)15-21)28(35)20-32-24-11-4-3-5-12-24;/h8-10,15,17-19,24,27-28,31-32,35H,2-7,11-14,16,20H2,1H3,(H,33,36);1H/t27-,28+;/m0./s1. The van der Waals surface area contributed by atoms with Crippen LogP contribution >= 0.6 is 24.0 Å². The van der Waals surface area contributed by atoms with Crippen LogP contribution in [0, 0.1) is 0 Å². The molecule has 11 heteroatoms. The summed E-state index contributed by atoms with van der Waals surface area (Å²) in [6.45, 7) is 3.33. The largest absolute Gasteiger partial charge is 0.390 e. The number of anilines is 2. The van der Waals surface area contributed by atoms with Crippen molar-refractivity contribution in [2.75, 3.05) is 35.0 Å². The van der Waals surface area contributed by atoms with Crippen LogP contribution in [0.25, 0.3) is 0 Å². The van der Waals surface area contributed by atoms with Crippen molar-refractivity contribution in [3.05, 3.63) is 58.6 Å². The predicted molar refractivity (Wildman–Crippen MR) is 166 cm³/mol. The SMILES string of the molecule is CCNc1cc(C(=O)N[C@@H](Cc2cccc(Cl)c2)[C@H](O)CNC2CCCCC2)cc(N2CCCCS2(=O)=O)c1.Cl. The van der Waals surface area contributed by atoms with Gasteiger partial charge in [0.1, 0.15) is 0 Å². The average Bonchev–Trinajstić information content (AvgIpc) is 2.91. The summed E-state index contributed by atoms with van der Waals surface area (Å²) in [6.07, 6.45) is 6.80. The highest BCUT2D eigenvalue weighted by Gasteiger charge is 2.28. The monoisotopic (exact) mass is 612 g/mol. The van der Waals surface area contributed by atoms with Crippen molar-refractivity contribution in [3.8, 4) is 0 Å². The third-order valence-electron chi connectivity index (χ3n) is 7.54. The lowest BCUT2D eigenvalue weighted by Crippen LogP contribution is -2.50. The molecule has 1 saturated heterocycles. The van der Waals surface area contributed by atoms with Crippen LogP contribution in [0.2, 0.25) is 5.02 Å². The number of hydrogen-bond acceptors (Lipinski definition) is 6. The number of nitrogens with one attached hydrogen (secondary N) is 3. The fraction of sp³-hybridized carbons (Fsp3) is 0.552. The Labute approximate surface area is 249 Å². The zero-order valence-electron chi connectivity index (χ0n) is 23.1. The number of nitrogens with zero attached hydrogens (tertiary/aromatic N) is 1. The molecule has 2 aliphatic rings. The Bertz CT molecular complexity index is 1220. The minimum atomic E-state index is -3.44. The minimum Gasteiger partial charge on any atom is -0.390 e. The molecule has 2 atom stereocenters. The molecule has 2 fully saturated rings. The van der Waals surface area contributed by atoms with Crippen molar-refractivity contribution in [3.63, 3.8) is 0 Å². The lowest BCUT2D eigenvalue weighted by molar-refractivity contribution is 0.0821. The Kier molecular flexibility index (Phi) is 12.4. The van der Waals surface area contributed by atoms with E-state index >= 15 is 0 Å². The fourth-order valence-corrected chi connectivity index (χ4v) is 7.30. The summed E-state index contributed by atoms with van der Waals surface area (Å²) < 4.78 is 27.0. The normalized spacial score (nSPS) is 18.8. The van der Waals surface area contributed by atoms with Gasteiger partial charge in [0.2, 0.25) is 10.0 Å². The highest BCUT2D eigenvalue weighted by molar-refractivity contribution is 7.92. The Hall–Kier alpha value is -2.04. The number of carbonyl (C=O) groups excluding carboxylic acids is 1. The molecule has 1 saturated carbocycles. The molecule has 40 heavy (non-hydrogen) atoms. The molecule has 8 nitrogen and oxygen atoms in total. The summed E-state index contributed by atoms with van der Waals surface area (Å²) >= 11 is 6.21. The zero-order valence-corrected chi connectivity index (χ0v) is 25.5. The average molecular weight is 614 g/mol. The second-order valence-corrected chi connectivity index (χ2v) is 13.1. The molecule has 1 aliphatic heterocycles. The molecule has 2 aromatic carbocycles. The summed E-state index contributed by atoms with van der Waals surface area (Å²) in [7, 11) is -3.44. The molecule has 2 aromatic rings. The minimum absolute atomic E-state index is 0. The molecule has 0 radical (unpaired) electrons. The third-order valence-corrected chi connectivity index (χ3v) is 9.65. The first-order valence-electron chi connectivity index (χ1n) is 14.1. The Balaban J connectivity index is 0.00000441. The van der Waals surface area contributed by atoms with Gasteiger partial charge in [0, 0.05) is 41.9 Å². The van der Waals surface area contributed by atoms with E-state index in [4.69, 9.17) is 11.6 Å². The lowest BCUT2D eigenvalue weighted by Gasteiger charge is -2.30. The van der Waals surface area contributed by atoms with Crippen molar-refractivity contribution in [2.45, 2.75) is 76.5 Å². The van der Waals surface area contributed by atoms with Crippen LogP contribution in [-0.2, 0) is 16.4 Å². The fourth-order valence-electron chi connectivity index (χ4n) is 5.46. The van der Waals surface area contributed by atoms with Crippen LogP contribution in [0.4, 0.5) is 11.4 Å². The van der Waals surface area contributed by atoms with E-state index in [9.17, 15) is 18.3 Å². The van der Waals surface area contributed by atoms with Crippen molar-refractivity contribution in [1.29, 1.82) is 0 Å². The van der Waals surface area contributed by atoms with Gasteiger partial charge >= 0.3 is 0 Å². The number of aliphatic hydroxyl groups is 1. The number of sulfonamides is 1. The van der Waals surface area contributed by atoms with Crippen molar-refractivity contribution in [2.24, 2.45) is 0 Å². The highest BCUT2D eigenvalue weighted by atomic mass is 35.5. The van der Waals surface area contributed by atoms with Crippen LogP contribution in [0.15, 0.2) is 42.5 Å². The number of hydrogen-bond donors (Lipinski definition) is 4. The summed E-state index contributed by atoms with van der Waals surface area (Å²) in [5.74, 6) is -0.267. The van der Waals surface area contributed by atoms with Crippen LogP contribution in [0.5, 0.6) is 0 Å². The molecule has 0 aromatic heterocycles. The first-order valence-corrected chi connectivity index (χ1v) is 16.1. The molecular formula is C29H42Cl2N4O4S. The number of amides is 1. The van der Waals surface area contributed by atoms with Crippen molar-refractivity contribution < 1.29 is 18.3 Å².